The first-order chi connectivity index (χ1) is 8.24. The van der Waals surface area contributed by atoms with Gasteiger partial charge >= 0.3 is 0 Å². The Kier molecular flexibility index (Phi) is 6.76. The molecule has 1 aromatic heterocycles. The van der Waals surface area contributed by atoms with Gasteiger partial charge in [-0.15, -0.1) is 0 Å². The van der Waals surface area contributed by atoms with Crippen molar-refractivity contribution in [2.24, 2.45) is 0 Å². The van der Waals surface area contributed by atoms with Crippen molar-refractivity contribution in [3.63, 3.8) is 0 Å². The highest BCUT2D eigenvalue weighted by atomic mass is 79.9. The van der Waals surface area contributed by atoms with E-state index >= 15 is 0 Å². The number of nitrogens with zero attached hydrogens (tertiary/aromatic N) is 1. The molecule has 0 aliphatic heterocycles. The van der Waals surface area contributed by atoms with E-state index in [-0.39, 0.29) is 5.91 Å². The summed E-state index contributed by atoms with van der Waals surface area (Å²) in [5, 5.41) is 2.71. The molecular formula is C11H15BrN2O3. The summed E-state index contributed by atoms with van der Waals surface area (Å²) in [5.41, 5.74) is 0.385. The van der Waals surface area contributed by atoms with Crippen molar-refractivity contribution in [2.75, 3.05) is 33.5 Å². The van der Waals surface area contributed by atoms with Crippen LogP contribution in [0.3, 0.4) is 0 Å². The van der Waals surface area contributed by atoms with Crippen molar-refractivity contribution < 1.29 is 14.3 Å². The normalized spacial score (nSPS) is 10.2. The van der Waals surface area contributed by atoms with Gasteiger partial charge in [0.25, 0.3) is 5.91 Å². The Morgan fingerprint density at radius 2 is 2.24 bits per heavy atom. The quantitative estimate of drug-likeness (QED) is 0.608. The number of aromatic nitrogens is 1. The van der Waals surface area contributed by atoms with Crippen LogP contribution in [0, 0.1) is 0 Å². The molecule has 1 N–H and O–H groups in total. The van der Waals surface area contributed by atoms with Gasteiger partial charge in [-0.3, -0.25) is 4.79 Å². The molecule has 0 spiro atoms. The number of amides is 1. The van der Waals surface area contributed by atoms with Gasteiger partial charge in [-0.05, 0) is 28.1 Å². The molecule has 0 aliphatic rings. The molecule has 17 heavy (non-hydrogen) atoms. The molecule has 0 atom stereocenters. The maximum Gasteiger partial charge on any atom is 0.270 e. The summed E-state index contributed by atoms with van der Waals surface area (Å²) in [5.74, 6) is -0.207. The summed E-state index contributed by atoms with van der Waals surface area (Å²) < 4.78 is 10.7. The van der Waals surface area contributed by atoms with Crippen molar-refractivity contribution in [1.29, 1.82) is 0 Å². The highest BCUT2D eigenvalue weighted by Crippen LogP contribution is 2.05. The number of carbonyl (C=O) groups excluding carboxylic acids is 1. The van der Waals surface area contributed by atoms with E-state index in [1.54, 1.807) is 25.3 Å². The fraction of sp³-hybridized carbons (Fsp3) is 0.455. The molecule has 5 nitrogen and oxygen atoms in total. The molecule has 6 heteroatoms. The SMILES string of the molecule is COCCOCCNC(=O)c1cccc(Br)n1. The van der Waals surface area contributed by atoms with E-state index in [1.165, 1.54) is 0 Å². The second-order valence-electron chi connectivity index (χ2n) is 3.21. The Morgan fingerprint density at radius 1 is 1.41 bits per heavy atom. The largest absolute Gasteiger partial charge is 0.382 e. The summed E-state index contributed by atoms with van der Waals surface area (Å²) >= 11 is 3.21. The smallest absolute Gasteiger partial charge is 0.270 e. The Balaban J connectivity index is 2.21. The molecule has 0 radical (unpaired) electrons. The van der Waals surface area contributed by atoms with E-state index in [2.05, 4.69) is 26.2 Å². The average molecular weight is 303 g/mol. The topological polar surface area (TPSA) is 60.5 Å². The number of hydrogen-bond donors (Lipinski definition) is 1. The monoisotopic (exact) mass is 302 g/mol. The number of ether oxygens (including phenoxy) is 2. The number of carbonyl (C=O) groups is 1. The first-order valence-electron chi connectivity index (χ1n) is 5.21. The first kappa shape index (κ1) is 14.1. The first-order valence-corrected chi connectivity index (χ1v) is 6.01. The molecule has 0 unspecified atom stereocenters. The van der Waals surface area contributed by atoms with Gasteiger partial charge in [-0.2, -0.15) is 0 Å². The number of hydrogen-bond acceptors (Lipinski definition) is 4. The minimum Gasteiger partial charge on any atom is -0.382 e. The van der Waals surface area contributed by atoms with Crippen LogP contribution >= 0.6 is 15.9 Å². The zero-order valence-electron chi connectivity index (χ0n) is 9.61. The highest BCUT2D eigenvalue weighted by Gasteiger charge is 2.05. The highest BCUT2D eigenvalue weighted by molar-refractivity contribution is 9.10. The lowest BCUT2D eigenvalue weighted by atomic mass is 10.3. The van der Waals surface area contributed by atoms with Crippen LogP contribution in [-0.4, -0.2) is 44.4 Å². The van der Waals surface area contributed by atoms with Crippen molar-refractivity contribution >= 4 is 21.8 Å². The summed E-state index contributed by atoms with van der Waals surface area (Å²) in [7, 11) is 1.62. The lowest BCUT2D eigenvalue weighted by Gasteiger charge is -2.05. The molecule has 94 valence electrons. The van der Waals surface area contributed by atoms with Gasteiger partial charge in [-0.1, -0.05) is 6.07 Å². The number of methoxy groups -OCH3 is 1. The van der Waals surface area contributed by atoms with Gasteiger partial charge in [0.1, 0.15) is 10.3 Å². The third kappa shape index (κ3) is 5.76. The summed E-state index contributed by atoms with van der Waals surface area (Å²) in [4.78, 5) is 15.7. The Bertz CT molecular complexity index is 360. The Hall–Kier alpha value is -0.980. The third-order valence-corrected chi connectivity index (χ3v) is 2.35. The second-order valence-corrected chi connectivity index (χ2v) is 4.02. The number of rotatable bonds is 7. The van der Waals surface area contributed by atoms with Crippen molar-refractivity contribution in [1.82, 2.24) is 10.3 Å². The van der Waals surface area contributed by atoms with Crippen molar-refractivity contribution in [3.8, 4) is 0 Å². The standard InChI is InChI=1S/C11H15BrN2O3/c1-16-7-8-17-6-5-13-11(15)9-3-2-4-10(12)14-9/h2-4H,5-8H2,1H3,(H,13,15). The van der Waals surface area contributed by atoms with Crippen LogP contribution in [0.2, 0.25) is 0 Å². The maximum absolute atomic E-state index is 11.6. The summed E-state index contributed by atoms with van der Waals surface area (Å²) in [6.07, 6.45) is 0. The van der Waals surface area contributed by atoms with Crippen LogP contribution in [0.25, 0.3) is 0 Å². The molecule has 0 aliphatic carbocycles. The van der Waals surface area contributed by atoms with E-state index in [9.17, 15) is 4.79 Å². The predicted molar refractivity (Wildman–Crippen MR) is 67.0 cm³/mol. The number of pyridine rings is 1. The van der Waals surface area contributed by atoms with Crippen LogP contribution in [0.1, 0.15) is 10.5 Å². The van der Waals surface area contributed by atoms with Crippen molar-refractivity contribution in [3.05, 3.63) is 28.5 Å². The average Bonchev–Trinajstić information content (AvgIpc) is 2.33. The number of halogens is 1. The fourth-order valence-electron chi connectivity index (χ4n) is 1.11. The molecule has 0 saturated carbocycles. The van der Waals surface area contributed by atoms with Gasteiger partial charge in [0, 0.05) is 13.7 Å². The van der Waals surface area contributed by atoms with Crippen LogP contribution in [0.5, 0.6) is 0 Å². The zero-order chi connectivity index (χ0) is 12.5. The molecule has 1 amide bonds. The van der Waals surface area contributed by atoms with Gasteiger partial charge < -0.3 is 14.8 Å². The molecule has 0 saturated heterocycles. The molecule has 0 bridgehead atoms. The van der Waals surface area contributed by atoms with E-state index in [0.717, 1.165) is 0 Å². The van der Waals surface area contributed by atoms with Crippen LogP contribution in [0.4, 0.5) is 0 Å². The van der Waals surface area contributed by atoms with Crippen LogP contribution in [-0.2, 0) is 9.47 Å². The van der Waals surface area contributed by atoms with Gasteiger partial charge in [0.15, 0.2) is 0 Å². The lowest BCUT2D eigenvalue weighted by molar-refractivity contribution is 0.0692. The second kappa shape index (κ2) is 8.16. The molecule has 1 rings (SSSR count). The van der Waals surface area contributed by atoms with E-state index < -0.39 is 0 Å². The molecule has 1 aromatic rings. The Labute approximate surface area is 109 Å². The molecular weight excluding hydrogens is 288 g/mol. The van der Waals surface area contributed by atoms with Gasteiger partial charge in [0.05, 0.1) is 19.8 Å². The molecule has 1 heterocycles. The zero-order valence-corrected chi connectivity index (χ0v) is 11.2. The van der Waals surface area contributed by atoms with Gasteiger partial charge in [0.2, 0.25) is 0 Å². The van der Waals surface area contributed by atoms with Gasteiger partial charge in [-0.25, -0.2) is 4.98 Å². The molecule has 0 fully saturated rings. The minimum absolute atomic E-state index is 0.207. The van der Waals surface area contributed by atoms with E-state index in [1.807, 2.05) is 0 Å². The minimum atomic E-state index is -0.207. The summed E-state index contributed by atoms with van der Waals surface area (Å²) in [6, 6.07) is 5.19. The van der Waals surface area contributed by atoms with Crippen LogP contribution < -0.4 is 5.32 Å². The van der Waals surface area contributed by atoms with E-state index in [4.69, 9.17) is 9.47 Å². The number of nitrogens with one attached hydrogen (secondary N) is 1. The van der Waals surface area contributed by atoms with Crippen molar-refractivity contribution in [2.45, 2.75) is 0 Å². The van der Waals surface area contributed by atoms with E-state index in [0.29, 0.717) is 36.7 Å². The maximum atomic E-state index is 11.6. The molecule has 0 aromatic carbocycles. The Morgan fingerprint density at radius 3 is 2.94 bits per heavy atom. The predicted octanol–water partition coefficient (Wildman–Crippen LogP) is 1.24. The third-order valence-electron chi connectivity index (χ3n) is 1.91. The summed E-state index contributed by atoms with van der Waals surface area (Å²) in [6.45, 7) is 2.00. The van der Waals surface area contributed by atoms with Crippen LogP contribution in [0.15, 0.2) is 22.8 Å². The fourth-order valence-corrected chi connectivity index (χ4v) is 1.45. The lowest BCUT2D eigenvalue weighted by Crippen LogP contribution is -2.28.